The summed E-state index contributed by atoms with van der Waals surface area (Å²) in [6.07, 6.45) is 18.4. The summed E-state index contributed by atoms with van der Waals surface area (Å²) >= 11 is 0. The van der Waals surface area contributed by atoms with E-state index in [2.05, 4.69) is 200 Å². The zero-order chi connectivity index (χ0) is 71.8. The van der Waals surface area contributed by atoms with Crippen LogP contribution in [0.25, 0.3) is 0 Å². The molecule has 5 heterocycles. The first-order valence-electron chi connectivity index (χ1n) is 37.7. The molecule has 4 spiro atoms. The molecule has 2 unspecified atom stereocenters. The third-order valence-electron chi connectivity index (χ3n) is 24.3. The van der Waals surface area contributed by atoms with E-state index in [-0.39, 0.29) is 79.8 Å². The highest BCUT2D eigenvalue weighted by atomic mass is 16.5. The number of furan rings is 1. The van der Waals surface area contributed by atoms with E-state index in [0.717, 1.165) is 77.8 Å². The van der Waals surface area contributed by atoms with Crippen LogP contribution in [0.15, 0.2) is 120 Å². The molecule has 4 aliphatic carbocycles. The molecule has 4 aliphatic heterocycles. The minimum atomic E-state index is -0.334. The van der Waals surface area contributed by atoms with Crippen LogP contribution in [0.4, 0.5) is 4.79 Å². The number of ether oxygens (including phenoxy) is 1. The topological polar surface area (TPSA) is 172 Å². The van der Waals surface area contributed by atoms with Crippen LogP contribution in [0.5, 0.6) is 0 Å². The van der Waals surface area contributed by atoms with Crippen molar-refractivity contribution in [2.24, 2.45) is 16.7 Å². The lowest BCUT2D eigenvalue weighted by atomic mass is 9.73. The number of likely N-dealkylation sites (tertiary alicyclic amines) is 4. The predicted octanol–water partition coefficient (Wildman–Crippen LogP) is 15.3. The van der Waals surface area contributed by atoms with Crippen molar-refractivity contribution in [3.05, 3.63) is 166 Å². The summed E-state index contributed by atoms with van der Waals surface area (Å²) in [6.45, 7) is 35.7. The van der Waals surface area contributed by atoms with Gasteiger partial charge in [-0.1, -0.05) is 152 Å². The summed E-state index contributed by atoms with van der Waals surface area (Å²) in [7, 11) is 5.04. The Bertz CT molecular complexity index is 3570. The van der Waals surface area contributed by atoms with Crippen molar-refractivity contribution in [2.45, 2.75) is 218 Å². The molecule has 4 saturated heterocycles. The van der Waals surface area contributed by atoms with Crippen molar-refractivity contribution in [3.8, 4) is 0 Å². The Kier molecular flexibility index (Phi) is 24.4. The van der Waals surface area contributed by atoms with Crippen LogP contribution in [0.1, 0.15) is 249 Å². The zero-order valence-corrected chi connectivity index (χ0v) is 63.2. The average molecular weight is 1370 g/mol. The molecule has 5 atom stereocenters. The molecule has 0 bridgehead atoms. The molecule has 8 aliphatic rings. The zero-order valence-electron chi connectivity index (χ0n) is 63.2. The second-order valence-electron chi connectivity index (χ2n) is 33.9. The maximum atomic E-state index is 12.6. The van der Waals surface area contributed by atoms with E-state index >= 15 is 0 Å². The summed E-state index contributed by atoms with van der Waals surface area (Å²) < 4.78 is 9.90. The first kappa shape index (κ1) is 75.8. The maximum absolute atomic E-state index is 12.6. The van der Waals surface area contributed by atoms with Gasteiger partial charge in [-0.3, -0.25) is 24.1 Å². The standard InChI is InChI=1S/C24H32N2O2.C21H32N2O2.C20H30N2O.C19H27N3O2.3H2/c1-23(2,3)9-12-26-13-10-24(11-14-26)16-21(19-6-4-5-7-20(19)24)25-22(27)18-8-15-28-17-18;1-20(2,3)9-12-23-13-10-21(11-14-23)15-18(22-19(24)25-4)16-7-5-6-8-17(16)21;1-14(2)15(3)22-11-9-20(10-12-22)13-19(21-16(4)23)17-7-5-6-8-18(17)20;1-14(23)20-17-12-19(16-7-5-4-6-15(16)17)8-10-22(11-9-19)13-18(24)21(2)3;;;/h4-8,15,17,21H,9-14,16H2,1-3H3,(H,25,27);5-8,18H,9-15H2,1-4H3,(H,22,24);5-8,14-15,19H,9-13H2,1-4H3,(H,21,23);4-7,17H,8-13H2,1-3H3,(H,20,23);3*1H/t21-;18-;;17-;;;/m00.0.../s1. The Balaban J connectivity index is 0.000000191. The molecule has 5 amide bonds. The highest BCUT2D eigenvalue weighted by molar-refractivity contribution is 5.94. The van der Waals surface area contributed by atoms with E-state index in [0.29, 0.717) is 34.9 Å². The monoisotopic (exact) mass is 1370 g/mol. The van der Waals surface area contributed by atoms with Gasteiger partial charge in [0.2, 0.25) is 17.7 Å². The normalized spacial score (nSPS) is 22.7. The summed E-state index contributed by atoms with van der Waals surface area (Å²) in [5.41, 5.74) is 13.1. The highest BCUT2D eigenvalue weighted by Gasteiger charge is 2.50. The fraction of sp³-hybridized carbons (Fsp3) is 0.607. The van der Waals surface area contributed by atoms with Crippen LogP contribution < -0.4 is 21.3 Å². The van der Waals surface area contributed by atoms with Crippen LogP contribution in [0, 0.1) is 16.7 Å². The fourth-order valence-corrected chi connectivity index (χ4v) is 18.0. The number of hydrogen-bond donors (Lipinski definition) is 4. The Morgan fingerprint density at radius 3 is 1.17 bits per heavy atom. The molecule has 5 aromatic rings. The Hall–Kier alpha value is -6.85. The molecule has 4 fully saturated rings. The summed E-state index contributed by atoms with van der Waals surface area (Å²) in [4.78, 5) is 71.2. The number of nitrogens with zero attached hydrogens (tertiary/aromatic N) is 5. The smallest absolute Gasteiger partial charge is 0.407 e. The van der Waals surface area contributed by atoms with Gasteiger partial charge >= 0.3 is 6.09 Å². The first-order valence-corrected chi connectivity index (χ1v) is 37.7. The van der Waals surface area contributed by atoms with Crippen molar-refractivity contribution in [1.29, 1.82) is 0 Å². The predicted molar refractivity (Wildman–Crippen MR) is 407 cm³/mol. The van der Waals surface area contributed by atoms with E-state index in [1.807, 2.05) is 0 Å². The van der Waals surface area contributed by atoms with Gasteiger partial charge in [-0.15, -0.1) is 0 Å². The molecular formula is C84H127N9O7. The number of nitrogens with one attached hydrogen (secondary N) is 4. The average Bonchev–Trinajstić information content (AvgIpc) is 1.63. The van der Waals surface area contributed by atoms with E-state index < -0.39 is 0 Å². The number of piperidine rings is 4. The number of benzene rings is 4. The number of fused-ring (bicyclic) bond motifs is 8. The largest absolute Gasteiger partial charge is 0.472 e. The number of alkyl carbamates (subject to hydrolysis) is 1. The second kappa shape index (κ2) is 32.2. The Morgan fingerprint density at radius 1 is 0.510 bits per heavy atom. The van der Waals surface area contributed by atoms with Crippen molar-refractivity contribution in [1.82, 2.24) is 45.8 Å². The number of rotatable bonds is 13. The number of likely N-dealkylation sites (N-methyl/N-ethyl adjacent to an activating group) is 1. The molecule has 16 heteroatoms. The summed E-state index contributed by atoms with van der Waals surface area (Å²) in [5.74, 6) is 0.919. The quantitative estimate of drug-likeness (QED) is 0.0884. The van der Waals surface area contributed by atoms with Crippen LogP contribution in [-0.4, -0.2) is 153 Å². The minimum Gasteiger partial charge on any atom is -0.472 e. The molecule has 0 radical (unpaired) electrons. The Morgan fingerprint density at radius 2 is 0.850 bits per heavy atom. The molecule has 1 aromatic heterocycles. The van der Waals surface area contributed by atoms with E-state index in [9.17, 15) is 24.0 Å². The van der Waals surface area contributed by atoms with Crippen LogP contribution in [0.2, 0.25) is 0 Å². The van der Waals surface area contributed by atoms with Gasteiger partial charge in [0.1, 0.15) is 6.26 Å². The number of carbonyl (C=O) groups is 5. The van der Waals surface area contributed by atoms with Crippen molar-refractivity contribution in [2.75, 3.05) is 93.2 Å². The molecule has 0 saturated carbocycles. The molecule has 4 aromatic carbocycles. The molecule has 100 heavy (non-hydrogen) atoms. The number of hydrogen-bond acceptors (Lipinski definition) is 11. The minimum absolute atomic E-state index is 0. The van der Waals surface area contributed by atoms with Crippen molar-refractivity contribution in [3.63, 3.8) is 0 Å². The van der Waals surface area contributed by atoms with E-state index in [1.54, 1.807) is 45.2 Å². The third-order valence-corrected chi connectivity index (χ3v) is 24.3. The molecule has 16 nitrogen and oxygen atoms in total. The number of methoxy groups -OCH3 is 1. The highest BCUT2D eigenvalue weighted by Crippen LogP contribution is 2.55. The van der Waals surface area contributed by atoms with E-state index in [1.165, 1.54) is 135 Å². The maximum Gasteiger partial charge on any atom is 0.407 e. The van der Waals surface area contributed by atoms with Gasteiger partial charge in [0.05, 0.1) is 49.6 Å². The van der Waals surface area contributed by atoms with E-state index in [4.69, 9.17) is 9.15 Å². The van der Waals surface area contributed by atoms with Gasteiger partial charge in [0.25, 0.3) is 5.91 Å². The van der Waals surface area contributed by atoms with Gasteiger partial charge < -0.3 is 50.0 Å². The second-order valence-corrected chi connectivity index (χ2v) is 33.9. The van der Waals surface area contributed by atoms with Crippen LogP contribution in [-0.2, 0) is 40.8 Å². The molecule has 13 rings (SSSR count). The lowest BCUT2D eigenvalue weighted by molar-refractivity contribution is -0.130. The first-order chi connectivity index (χ1) is 47.5. The van der Waals surface area contributed by atoms with Crippen LogP contribution >= 0.6 is 0 Å². The fourth-order valence-electron chi connectivity index (χ4n) is 18.0. The SMILES string of the molecule is CC(=O)NC1CC2(CCN(C(C)C(C)C)CC2)c2ccccc21.CC(=O)N[C@H]1CC2(CCN(CC(=O)N(C)C)CC2)c2ccccc21.CC(C)(C)CCN1CCC2(CC1)C[C@H](NC(=O)c1ccoc1)c1ccccc12.COC(=O)N[C@H]1CC2(CCN(CCC(C)(C)C)CC2)c2ccccc21.[HH].[HH].[HH]. The molecule has 4 N–H and O–H groups in total. The summed E-state index contributed by atoms with van der Waals surface area (Å²) in [6, 6.07) is 37.4. The summed E-state index contributed by atoms with van der Waals surface area (Å²) in [5, 5.41) is 12.6. The van der Waals surface area contributed by atoms with Gasteiger partial charge in [-0.25, -0.2) is 4.79 Å². The Labute approximate surface area is 603 Å². The third kappa shape index (κ3) is 18.1. The van der Waals surface area contributed by atoms with Gasteiger partial charge in [-0.05, 0) is 230 Å². The lowest BCUT2D eigenvalue weighted by Crippen LogP contribution is -2.47. The molecule has 550 valence electrons. The number of carbonyl (C=O) groups excluding carboxylic acids is 5. The number of amides is 5. The van der Waals surface area contributed by atoms with Crippen molar-refractivity contribution >= 4 is 29.7 Å². The lowest BCUT2D eigenvalue weighted by Gasteiger charge is -2.43. The van der Waals surface area contributed by atoms with Gasteiger partial charge in [0, 0.05) is 59.9 Å². The van der Waals surface area contributed by atoms with Gasteiger partial charge in [0.15, 0.2) is 0 Å². The van der Waals surface area contributed by atoms with Crippen molar-refractivity contribution < 1.29 is 37.4 Å². The van der Waals surface area contributed by atoms with Gasteiger partial charge in [-0.2, -0.15) is 0 Å². The van der Waals surface area contributed by atoms with Crippen LogP contribution in [0.3, 0.4) is 0 Å². The molecular weight excluding hydrogens is 1250 g/mol.